The van der Waals surface area contributed by atoms with Crippen LogP contribution in [0.1, 0.15) is 37.5 Å². The number of anilines is 4. The van der Waals surface area contributed by atoms with Crippen LogP contribution in [0.5, 0.6) is 11.5 Å². The van der Waals surface area contributed by atoms with Gasteiger partial charge in [0.05, 0.1) is 23.3 Å². The van der Waals surface area contributed by atoms with E-state index < -0.39 is 0 Å². The normalized spacial score (nSPS) is 12.3. The number of rotatable bonds is 5. The molecule has 50 heavy (non-hydrogen) atoms. The van der Waals surface area contributed by atoms with Gasteiger partial charge in [0, 0.05) is 61.3 Å². The third-order valence-corrected chi connectivity index (χ3v) is 8.72. The van der Waals surface area contributed by atoms with Gasteiger partial charge < -0.3 is 19.1 Å². The van der Waals surface area contributed by atoms with Crippen molar-refractivity contribution in [2.45, 2.75) is 26.2 Å². The summed E-state index contributed by atoms with van der Waals surface area (Å²) in [4.78, 5) is 8.78. The standard InChI is InChI=1S/C42H29N6O.Pt/c1-42(2,3)30-17-18-45-41(22-30)48-37-12-5-4-11-35(37)36-16-15-34(24-40(36)48)49-33-10-8-9-31(23-33)46-27-47(39-14-7-6-13-38(39)46)32-20-28(25-43)19-29(21-32)26-44;/h4-22,27H,1-3H3;/q-3;. The number of hydrogen-bond acceptors (Lipinski definition) is 6. The van der Waals surface area contributed by atoms with Crippen LogP contribution in [0.2, 0.25) is 0 Å². The van der Waals surface area contributed by atoms with Crippen molar-refractivity contribution in [1.29, 1.82) is 10.5 Å². The zero-order chi connectivity index (χ0) is 33.7. The summed E-state index contributed by atoms with van der Waals surface area (Å²) < 4.78 is 8.59. The van der Waals surface area contributed by atoms with Crippen molar-refractivity contribution in [3.63, 3.8) is 0 Å². The molecule has 0 fully saturated rings. The Labute approximate surface area is 305 Å². The van der Waals surface area contributed by atoms with E-state index in [0.29, 0.717) is 22.6 Å². The Kier molecular flexibility index (Phi) is 8.40. The fraction of sp³-hybridized carbons (Fsp3) is 0.0952. The number of nitriles is 2. The quantitative estimate of drug-likeness (QED) is 0.161. The molecule has 0 unspecified atom stereocenters. The van der Waals surface area contributed by atoms with Crippen molar-refractivity contribution in [3.8, 4) is 29.5 Å². The van der Waals surface area contributed by atoms with E-state index in [1.165, 1.54) is 5.56 Å². The summed E-state index contributed by atoms with van der Waals surface area (Å²) in [5.74, 6) is 1.92. The molecule has 2 aromatic heterocycles. The summed E-state index contributed by atoms with van der Waals surface area (Å²) in [7, 11) is 0. The molecule has 0 saturated carbocycles. The van der Waals surface area contributed by atoms with Crippen molar-refractivity contribution in [2.75, 3.05) is 9.80 Å². The van der Waals surface area contributed by atoms with E-state index in [0.717, 1.165) is 50.4 Å². The van der Waals surface area contributed by atoms with E-state index in [-0.39, 0.29) is 26.5 Å². The van der Waals surface area contributed by atoms with Gasteiger partial charge in [-0.3, -0.25) is 0 Å². The number of ether oxygens (including phenoxy) is 1. The summed E-state index contributed by atoms with van der Waals surface area (Å²) in [6.45, 7) is 8.54. The van der Waals surface area contributed by atoms with Gasteiger partial charge in [0.25, 0.3) is 0 Å². The van der Waals surface area contributed by atoms with Crippen molar-refractivity contribution < 1.29 is 25.8 Å². The number of nitrogens with zero attached hydrogens (tertiary/aromatic N) is 6. The van der Waals surface area contributed by atoms with Gasteiger partial charge in [-0.2, -0.15) is 22.7 Å². The molecule has 0 bridgehead atoms. The Morgan fingerprint density at radius 1 is 0.720 bits per heavy atom. The molecule has 8 heteroatoms. The van der Waals surface area contributed by atoms with E-state index in [2.05, 4.69) is 79.9 Å². The van der Waals surface area contributed by atoms with Gasteiger partial charge in [-0.15, -0.1) is 48.1 Å². The Morgan fingerprint density at radius 3 is 2.16 bits per heavy atom. The molecular weight excluding hydrogens is 800 g/mol. The van der Waals surface area contributed by atoms with Gasteiger partial charge in [0.1, 0.15) is 5.82 Å². The van der Waals surface area contributed by atoms with E-state index in [1.807, 2.05) is 83.3 Å². The van der Waals surface area contributed by atoms with Gasteiger partial charge in [-0.05, 0) is 64.9 Å². The molecule has 5 aromatic carbocycles. The largest absolute Gasteiger partial charge is 0.509 e. The van der Waals surface area contributed by atoms with Crippen LogP contribution in [-0.4, -0.2) is 9.55 Å². The molecule has 7 nitrogen and oxygen atoms in total. The summed E-state index contributed by atoms with van der Waals surface area (Å²) >= 11 is 0. The number of fused-ring (bicyclic) bond motifs is 4. The Bertz CT molecular complexity index is 2470. The topological polar surface area (TPSA) is 81.1 Å². The number of benzene rings is 5. The third kappa shape index (κ3) is 5.77. The van der Waals surface area contributed by atoms with Crippen LogP contribution < -0.4 is 14.5 Å². The molecule has 1 aliphatic heterocycles. The minimum atomic E-state index is -0.0279. The number of para-hydroxylation sites is 3. The SMILES string of the molecule is CC(C)(C)c1ccnc(-n2c3[c-]c(Oc4[c-]c(N5[CH-]N(c6cc(C#N)cc(C#N)c6)c6ccccc65)ccc4)ccc3c3ccccc32)c1.[Pt]. The van der Waals surface area contributed by atoms with Crippen LogP contribution in [0.3, 0.4) is 0 Å². The molecule has 246 valence electrons. The average Bonchev–Trinajstić information content (AvgIpc) is 3.67. The first kappa shape index (κ1) is 32.7. The Hall–Kier alpha value is -5.88. The molecule has 0 saturated heterocycles. The number of aromatic nitrogens is 2. The van der Waals surface area contributed by atoms with Gasteiger partial charge in [0.2, 0.25) is 0 Å². The molecule has 0 atom stereocenters. The van der Waals surface area contributed by atoms with Crippen LogP contribution >= 0.6 is 0 Å². The van der Waals surface area contributed by atoms with E-state index in [1.54, 1.807) is 18.2 Å². The summed E-state index contributed by atoms with van der Waals surface area (Å²) in [5.41, 5.74) is 7.27. The number of hydrogen-bond donors (Lipinski definition) is 0. The van der Waals surface area contributed by atoms with E-state index >= 15 is 0 Å². The summed E-state index contributed by atoms with van der Waals surface area (Å²) in [6.07, 6.45) is 1.87. The fourth-order valence-corrected chi connectivity index (χ4v) is 6.32. The minimum Gasteiger partial charge on any atom is -0.509 e. The first-order valence-corrected chi connectivity index (χ1v) is 15.9. The van der Waals surface area contributed by atoms with Gasteiger partial charge >= 0.3 is 0 Å². The first-order valence-electron chi connectivity index (χ1n) is 15.9. The van der Waals surface area contributed by atoms with Gasteiger partial charge in [0.15, 0.2) is 0 Å². The molecule has 7 aromatic rings. The smallest absolute Gasteiger partial charge is 0.135 e. The molecule has 8 rings (SSSR count). The van der Waals surface area contributed by atoms with E-state index in [4.69, 9.17) is 9.72 Å². The monoisotopic (exact) mass is 828 g/mol. The van der Waals surface area contributed by atoms with Crippen molar-refractivity contribution >= 4 is 44.6 Å². The maximum Gasteiger partial charge on any atom is 0.135 e. The van der Waals surface area contributed by atoms with Crippen molar-refractivity contribution in [2.24, 2.45) is 0 Å². The van der Waals surface area contributed by atoms with Crippen LogP contribution in [0.15, 0.2) is 115 Å². The second kappa shape index (κ2) is 12.9. The summed E-state index contributed by atoms with van der Waals surface area (Å²) in [6, 6.07) is 46.8. The predicted octanol–water partition coefficient (Wildman–Crippen LogP) is 10.0. The molecule has 0 N–H and O–H groups in total. The van der Waals surface area contributed by atoms with Crippen LogP contribution in [-0.2, 0) is 26.5 Å². The zero-order valence-corrected chi connectivity index (χ0v) is 29.7. The van der Waals surface area contributed by atoms with Gasteiger partial charge in [-0.1, -0.05) is 56.6 Å². The Balaban J connectivity index is 0.00000392. The van der Waals surface area contributed by atoms with Gasteiger partial charge in [-0.25, -0.2) is 4.98 Å². The maximum absolute atomic E-state index is 9.59. The maximum atomic E-state index is 9.59. The van der Waals surface area contributed by atoms with Crippen LogP contribution in [0, 0.1) is 41.5 Å². The second-order valence-electron chi connectivity index (χ2n) is 12.9. The summed E-state index contributed by atoms with van der Waals surface area (Å²) in [5, 5.41) is 21.4. The minimum absolute atomic E-state index is 0. The van der Waals surface area contributed by atoms with Crippen molar-refractivity contribution in [1.82, 2.24) is 9.55 Å². The molecular formula is C42H29N6OPt-3. The molecule has 3 heterocycles. The zero-order valence-electron chi connectivity index (χ0n) is 27.5. The molecule has 0 aliphatic carbocycles. The average molecular weight is 829 g/mol. The second-order valence-corrected chi connectivity index (χ2v) is 12.9. The predicted molar refractivity (Wildman–Crippen MR) is 192 cm³/mol. The Morgan fingerprint density at radius 2 is 1.42 bits per heavy atom. The molecule has 0 spiro atoms. The molecule has 0 amide bonds. The van der Waals surface area contributed by atoms with Crippen LogP contribution in [0.25, 0.3) is 27.6 Å². The fourth-order valence-electron chi connectivity index (χ4n) is 6.32. The molecule has 1 aliphatic rings. The molecule has 0 radical (unpaired) electrons. The third-order valence-electron chi connectivity index (χ3n) is 8.72. The van der Waals surface area contributed by atoms with E-state index in [9.17, 15) is 10.5 Å². The first-order chi connectivity index (χ1) is 23.8. The number of pyridine rings is 1. The van der Waals surface area contributed by atoms with Crippen LogP contribution in [0.4, 0.5) is 22.7 Å². The van der Waals surface area contributed by atoms with Crippen molar-refractivity contribution in [3.05, 3.63) is 151 Å².